The number of hydrogen-bond acceptors (Lipinski definition) is 3. The van der Waals surface area contributed by atoms with Gasteiger partial charge in [0.15, 0.2) is 0 Å². The molecule has 0 amide bonds. The van der Waals surface area contributed by atoms with E-state index >= 15 is 0 Å². The molecule has 0 aromatic heterocycles. The molecule has 0 spiro atoms. The predicted octanol–water partition coefficient (Wildman–Crippen LogP) is 2.90. The lowest BCUT2D eigenvalue weighted by molar-refractivity contribution is -0.0332. The zero-order chi connectivity index (χ0) is 14.5. The van der Waals surface area contributed by atoms with E-state index < -0.39 is 0 Å². The van der Waals surface area contributed by atoms with Gasteiger partial charge in [-0.3, -0.25) is 4.90 Å². The summed E-state index contributed by atoms with van der Waals surface area (Å²) >= 11 is 0. The second-order valence-corrected chi connectivity index (χ2v) is 7.08. The molecule has 3 nitrogen and oxygen atoms in total. The Labute approximate surface area is 125 Å². The van der Waals surface area contributed by atoms with Gasteiger partial charge in [-0.15, -0.1) is 0 Å². The average molecular weight is 282 g/mol. The van der Waals surface area contributed by atoms with E-state index in [9.17, 15) is 0 Å². The SMILES string of the molecule is CCCNC1CCC(C)CC1N1CCC(C)C(OC)C1. The van der Waals surface area contributed by atoms with Gasteiger partial charge in [0.05, 0.1) is 6.10 Å². The van der Waals surface area contributed by atoms with Gasteiger partial charge in [-0.25, -0.2) is 0 Å². The van der Waals surface area contributed by atoms with Crippen LogP contribution < -0.4 is 5.32 Å². The molecule has 1 aliphatic heterocycles. The molecule has 0 radical (unpaired) electrons. The second kappa shape index (κ2) is 7.77. The quantitative estimate of drug-likeness (QED) is 0.839. The van der Waals surface area contributed by atoms with Crippen LogP contribution in [0, 0.1) is 11.8 Å². The minimum atomic E-state index is 0.424. The smallest absolute Gasteiger partial charge is 0.0724 e. The summed E-state index contributed by atoms with van der Waals surface area (Å²) in [6.45, 7) is 10.6. The largest absolute Gasteiger partial charge is 0.380 e. The number of nitrogens with one attached hydrogen (secondary N) is 1. The third kappa shape index (κ3) is 3.96. The number of methoxy groups -OCH3 is 1. The van der Waals surface area contributed by atoms with Crippen molar-refractivity contribution in [1.82, 2.24) is 10.2 Å². The van der Waals surface area contributed by atoms with E-state index in [1.54, 1.807) is 0 Å². The van der Waals surface area contributed by atoms with Gasteiger partial charge in [-0.2, -0.15) is 0 Å². The van der Waals surface area contributed by atoms with Gasteiger partial charge in [-0.1, -0.05) is 20.8 Å². The molecule has 0 aromatic rings. The Morgan fingerprint density at radius 1 is 1.20 bits per heavy atom. The monoisotopic (exact) mass is 282 g/mol. The number of rotatable bonds is 5. The minimum absolute atomic E-state index is 0.424. The minimum Gasteiger partial charge on any atom is -0.380 e. The highest BCUT2D eigenvalue weighted by Crippen LogP contribution is 2.31. The van der Waals surface area contributed by atoms with E-state index in [1.807, 2.05) is 7.11 Å². The van der Waals surface area contributed by atoms with Crippen molar-refractivity contribution >= 4 is 0 Å². The summed E-state index contributed by atoms with van der Waals surface area (Å²) in [6, 6.07) is 1.41. The molecule has 3 heteroatoms. The van der Waals surface area contributed by atoms with Gasteiger partial charge < -0.3 is 10.1 Å². The molecule has 1 saturated carbocycles. The van der Waals surface area contributed by atoms with Gasteiger partial charge in [0.1, 0.15) is 0 Å². The normalized spacial score (nSPS) is 39.9. The topological polar surface area (TPSA) is 24.5 Å². The van der Waals surface area contributed by atoms with E-state index in [0.29, 0.717) is 18.1 Å². The van der Waals surface area contributed by atoms with E-state index in [-0.39, 0.29) is 0 Å². The van der Waals surface area contributed by atoms with Crippen molar-refractivity contribution in [2.24, 2.45) is 11.8 Å². The Balaban J connectivity index is 1.98. The highest BCUT2D eigenvalue weighted by atomic mass is 16.5. The van der Waals surface area contributed by atoms with Gasteiger partial charge in [0.25, 0.3) is 0 Å². The van der Waals surface area contributed by atoms with Crippen LogP contribution in [0.3, 0.4) is 0 Å². The molecule has 1 aliphatic carbocycles. The van der Waals surface area contributed by atoms with Crippen LogP contribution in [0.1, 0.15) is 52.9 Å². The zero-order valence-electron chi connectivity index (χ0n) is 13.9. The fourth-order valence-corrected chi connectivity index (χ4v) is 3.99. The maximum absolute atomic E-state index is 5.71. The third-order valence-electron chi connectivity index (χ3n) is 5.43. The van der Waals surface area contributed by atoms with Crippen LogP contribution in [0.2, 0.25) is 0 Å². The fraction of sp³-hybridized carbons (Fsp3) is 1.00. The van der Waals surface area contributed by atoms with Crippen molar-refractivity contribution < 1.29 is 4.74 Å². The molecule has 1 heterocycles. The van der Waals surface area contributed by atoms with Crippen molar-refractivity contribution in [3.63, 3.8) is 0 Å². The molecule has 5 unspecified atom stereocenters. The summed E-state index contributed by atoms with van der Waals surface area (Å²) < 4.78 is 5.71. The van der Waals surface area contributed by atoms with Gasteiger partial charge >= 0.3 is 0 Å². The molecule has 20 heavy (non-hydrogen) atoms. The van der Waals surface area contributed by atoms with E-state index in [0.717, 1.165) is 25.0 Å². The van der Waals surface area contributed by atoms with E-state index in [4.69, 9.17) is 4.74 Å². The number of likely N-dealkylation sites (tertiary alicyclic amines) is 1. The molecule has 118 valence electrons. The highest BCUT2D eigenvalue weighted by molar-refractivity contribution is 4.93. The fourth-order valence-electron chi connectivity index (χ4n) is 3.99. The Morgan fingerprint density at radius 2 is 2.00 bits per heavy atom. The van der Waals surface area contributed by atoms with Crippen LogP contribution in [0.5, 0.6) is 0 Å². The first-order valence-electron chi connectivity index (χ1n) is 8.65. The predicted molar refractivity (Wildman–Crippen MR) is 85.0 cm³/mol. The number of nitrogens with zero attached hydrogens (tertiary/aromatic N) is 1. The van der Waals surface area contributed by atoms with Crippen LogP contribution in [-0.4, -0.2) is 49.8 Å². The molecule has 2 fully saturated rings. The lowest BCUT2D eigenvalue weighted by Gasteiger charge is -2.46. The van der Waals surface area contributed by atoms with Crippen molar-refractivity contribution in [2.75, 3.05) is 26.7 Å². The van der Waals surface area contributed by atoms with Crippen molar-refractivity contribution in [2.45, 2.75) is 71.1 Å². The molecule has 2 rings (SSSR count). The van der Waals surface area contributed by atoms with Crippen molar-refractivity contribution in [3.8, 4) is 0 Å². The number of hydrogen-bond donors (Lipinski definition) is 1. The highest BCUT2D eigenvalue weighted by Gasteiger charge is 2.36. The molecule has 1 saturated heterocycles. The van der Waals surface area contributed by atoms with Gasteiger partial charge in [0, 0.05) is 25.7 Å². The Kier molecular flexibility index (Phi) is 6.31. The molecule has 5 atom stereocenters. The first-order chi connectivity index (χ1) is 9.65. The van der Waals surface area contributed by atoms with E-state index in [1.165, 1.54) is 38.6 Å². The first-order valence-corrected chi connectivity index (χ1v) is 8.65. The van der Waals surface area contributed by atoms with Crippen LogP contribution in [0.25, 0.3) is 0 Å². The third-order valence-corrected chi connectivity index (χ3v) is 5.43. The summed E-state index contributed by atoms with van der Waals surface area (Å²) in [7, 11) is 1.88. The molecular formula is C17H34N2O. The molecular weight excluding hydrogens is 248 g/mol. The van der Waals surface area contributed by atoms with Crippen LogP contribution in [0.15, 0.2) is 0 Å². The second-order valence-electron chi connectivity index (χ2n) is 7.08. The summed E-state index contributed by atoms with van der Waals surface area (Å²) in [4.78, 5) is 2.72. The lowest BCUT2D eigenvalue weighted by Crippen LogP contribution is -2.57. The van der Waals surface area contributed by atoms with Gasteiger partial charge in [0.2, 0.25) is 0 Å². The summed E-state index contributed by atoms with van der Waals surface area (Å²) in [5.41, 5.74) is 0. The van der Waals surface area contributed by atoms with Crippen molar-refractivity contribution in [1.29, 1.82) is 0 Å². The average Bonchev–Trinajstić information content (AvgIpc) is 2.46. The lowest BCUT2D eigenvalue weighted by atomic mass is 9.81. The Hall–Kier alpha value is -0.120. The van der Waals surface area contributed by atoms with Gasteiger partial charge in [-0.05, 0) is 57.0 Å². The number of piperidine rings is 1. The summed E-state index contributed by atoms with van der Waals surface area (Å²) in [5, 5.41) is 3.80. The first kappa shape index (κ1) is 16.3. The molecule has 0 aromatic carbocycles. The maximum atomic E-state index is 5.71. The Bertz CT molecular complexity index is 282. The van der Waals surface area contributed by atoms with Crippen LogP contribution in [0.4, 0.5) is 0 Å². The van der Waals surface area contributed by atoms with Crippen molar-refractivity contribution in [3.05, 3.63) is 0 Å². The Morgan fingerprint density at radius 3 is 2.70 bits per heavy atom. The zero-order valence-corrected chi connectivity index (χ0v) is 13.9. The summed E-state index contributed by atoms with van der Waals surface area (Å²) in [5.74, 6) is 1.58. The van der Waals surface area contributed by atoms with Crippen LogP contribution in [-0.2, 0) is 4.74 Å². The number of ether oxygens (including phenoxy) is 1. The maximum Gasteiger partial charge on any atom is 0.0724 e. The summed E-state index contributed by atoms with van der Waals surface area (Å²) in [6.07, 6.45) is 7.02. The van der Waals surface area contributed by atoms with E-state index in [2.05, 4.69) is 31.0 Å². The molecule has 1 N–H and O–H groups in total. The standard InChI is InChI=1S/C17H34N2O/c1-5-9-18-15-7-6-13(2)11-16(15)19-10-8-14(3)17(12-19)20-4/h13-18H,5-12H2,1-4H3. The van der Waals surface area contributed by atoms with Crippen LogP contribution >= 0.6 is 0 Å². The molecule has 2 aliphatic rings. The molecule has 0 bridgehead atoms.